The monoisotopic (exact) mass is 361 g/mol. The van der Waals surface area contributed by atoms with Crippen LogP contribution >= 0.6 is 0 Å². The highest BCUT2D eigenvalue weighted by Gasteiger charge is 2.16. The van der Waals surface area contributed by atoms with E-state index in [1.54, 1.807) is 0 Å². The van der Waals surface area contributed by atoms with E-state index in [1.807, 2.05) is 48.8 Å². The molecule has 2 aromatic carbocycles. The van der Waals surface area contributed by atoms with E-state index in [2.05, 4.69) is 27.9 Å². The lowest BCUT2D eigenvalue weighted by Crippen LogP contribution is -2.25. The van der Waals surface area contributed by atoms with Crippen LogP contribution < -0.4 is 4.74 Å². The van der Waals surface area contributed by atoms with Gasteiger partial charge in [-0.15, -0.1) is 0 Å². The minimum atomic E-state index is 0.0431. The molecule has 0 unspecified atom stereocenters. The average molecular weight is 361 g/mol. The van der Waals surface area contributed by atoms with Gasteiger partial charge < -0.3 is 9.84 Å². The lowest BCUT2D eigenvalue weighted by molar-refractivity contribution is 0.219. The summed E-state index contributed by atoms with van der Waals surface area (Å²) in [5.74, 6) is 1.66. The van der Waals surface area contributed by atoms with Gasteiger partial charge in [0.05, 0.1) is 6.61 Å². The topological polar surface area (TPSA) is 58.5 Å². The minimum absolute atomic E-state index is 0.0431. The summed E-state index contributed by atoms with van der Waals surface area (Å²) in [6, 6.07) is 14.0. The number of aromatic nitrogens is 2. The number of fused-ring (bicyclic) bond motifs is 1. The molecule has 2 heterocycles. The van der Waals surface area contributed by atoms with Crippen LogP contribution in [-0.2, 0) is 19.7 Å². The second-order valence-electron chi connectivity index (χ2n) is 6.89. The van der Waals surface area contributed by atoms with Crippen molar-refractivity contribution in [1.29, 1.82) is 0 Å². The van der Waals surface area contributed by atoms with Crippen LogP contribution in [0.3, 0.4) is 0 Å². The molecule has 0 fully saturated rings. The zero-order chi connectivity index (χ0) is 18.6. The molecular weight excluding hydrogens is 338 g/mol. The van der Waals surface area contributed by atoms with E-state index in [9.17, 15) is 5.11 Å². The third-order valence-electron chi connectivity index (χ3n) is 4.86. The van der Waals surface area contributed by atoms with Gasteiger partial charge in [0, 0.05) is 48.7 Å². The highest BCUT2D eigenvalue weighted by atomic mass is 16.5. The number of aliphatic hydroxyl groups is 1. The van der Waals surface area contributed by atoms with E-state index in [0.717, 1.165) is 53.5 Å². The van der Waals surface area contributed by atoms with Gasteiger partial charge in [-0.1, -0.05) is 30.3 Å². The summed E-state index contributed by atoms with van der Waals surface area (Å²) >= 11 is 0. The number of benzene rings is 2. The number of nitrogens with zero attached hydrogens (tertiary/aromatic N) is 3. The number of aliphatic hydroxyl groups excluding tert-OH is 1. The molecule has 4 rings (SSSR count). The van der Waals surface area contributed by atoms with Crippen molar-refractivity contribution >= 4 is 0 Å². The van der Waals surface area contributed by atoms with E-state index in [0.29, 0.717) is 6.61 Å². The minimum Gasteiger partial charge on any atom is -0.492 e. The summed E-state index contributed by atoms with van der Waals surface area (Å²) in [4.78, 5) is 11.5. The number of hydrogen-bond acceptors (Lipinski definition) is 5. The van der Waals surface area contributed by atoms with E-state index >= 15 is 0 Å². The Hall–Kier alpha value is -2.76. The molecule has 1 N–H and O–H groups in total. The average Bonchev–Trinajstić information content (AvgIpc) is 2.90. The van der Waals surface area contributed by atoms with E-state index in [1.165, 1.54) is 5.56 Å². The fourth-order valence-electron chi connectivity index (χ4n) is 3.39. The van der Waals surface area contributed by atoms with Crippen molar-refractivity contribution in [3.8, 4) is 17.1 Å². The number of hydrogen-bond donors (Lipinski definition) is 1. The molecule has 0 radical (unpaired) electrons. The molecule has 0 aliphatic carbocycles. The third kappa shape index (κ3) is 3.99. The fraction of sp³-hybridized carbons (Fsp3) is 0.273. The summed E-state index contributed by atoms with van der Waals surface area (Å²) in [5, 5.41) is 9.38. The van der Waals surface area contributed by atoms with Crippen LogP contribution in [0.25, 0.3) is 11.4 Å². The molecule has 0 spiro atoms. The molecule has 0 saturated heterocycles. The SMILES string of the molecule is Cc1ccccc1-c1ncc(CN2CCOc3ccc(CO)cc3C2)cn1. The molecule has 1 aliphatic rings. The van der Waals surface area contributed by atoms with Crippen LogP contribution in [-0.4, -0.2) is 33.1 Å². The summed E-state index contributed by atoms with van der Waals surface area (Å²) in [6.45, 7) is 5.14. The first-order valence-corrected chi connectivity index (χ1v) is 9.17. The van der Waals surface area contributed by atoms with Crippen molar-refractivity contribution in [2.45, 2.75) is 26.6 Å². The number of aryl methyl sites for hydroxylation is 1. The van der Waals surface area contributed by atoms with Gasteiger partial charge in [-0.05, 0) is 30.2 Å². The van der Waals surface area contributed by atoms with Crippen LogP contribution in [0.1, 0.15) is 22.3 Å². The largest absolute Gasteiger partial charge is 0.492 e. The zero-order valence-corrected chi connectivity index (χ0v) is 15.4. The van der Waals surface area contributed by atoms with Gasteiger partial charge in [0.25, 0.3) is 0 Å². The van der Waals surface area contributed by atoms with Crippen molar-refractivity contribution < 1.29 is 9.84 Å². The third-order valence-corrected chi connectivity index (χ3v) is 4.86. The van der Waals surface area contributed by atoms with E-state index in [4.69, 9.17) is 4.74 Å². The number of ether oxygens (including phenoxy) is 1. The van der Waals surface area contributed by atoms with Gasteiger partial charge in [0.15, 0.2) is 5.82 Å². The Balaban J connectivity index is 1.49. The fourth-order valence-corrected chi connectivity index (χ4v) is 3.39. The maximum atomic E-state index is 9.38. The van der Waals surface area contributed by atoms with Crippen LogP contribution in [0.5, 0.6) is 5.75 Å². The summed E-state index contributed by atoms with van der Waals surface area (Å²) in [5.41, 5.74) is 5.33. The second-order valence-corrected chi connectivity index (χ2v) is 6.89. The van der Waals surface area contributed by atoms with Crippen LogP contribution in [0.2, 0.25) is 0 Å². The normalized spacial score (nSPS) is 14.3. The van der Waals surface area contributed by atoms with Gasteiger partial charge in [0.2, 0.25) is 0 Å². The Kier molecular flexibility index (Phi) is 5.14. The predicted octanol–water partition coefficient (Wildman–Crippen LogP) is 3.34. The maximum absolute atomic E-state index is 9.38. The Morgan fingerprint density at radius 1 is 1.07 bits per heavy atom. The van der Waals surface area contributed by atoms with Gasteiger partial charge in [-0.2, -0.15) is 0 Å². The smallest absolute Gasteiger partial charge is 0.159 e. The summed E-state index contributed by atoms with van der Waals surface area (Å²) in [6.07, 6.45) is 3.82. The van der Waals surface area contributed by atoms with Crippen LogP contribution in [0, 0.1) is 6.92 Å². The van der Waals surface area contributed by atoms with Gasteiger partial charge in [0.1, 0.15) is 12.4 Å². The first-order chi connectivity index (χ1) is 13.2. The van der Waals surface area contributed by atoms with Crippen LogP contribution in [0.15, 0.2) is 54.9 Å². The van der Waals surface area contributed by atoms with E-state index < -0.39 is 0 Å². The molecular formula is C22H23N3O2. The molecule has 27 heavy (non-hydrogen) atoms. The van der Waals surface area contributed by atoms with Crippen molar-refractivity contribution in [1.82, 2.24) is 14.9 Å². The van der Waals surface area contributed by atoms with Gasteiger partial charge in [-0.25, -0.2) is 9.97 Å². The molecule has 3 aromatic rings. The second kappa shape index (κ2) is 7.86. The molecule has 0 atom stereocenters. The van der Waals surface area contributed by atoms with Crippen molar-refractivity contribution in [3.63, 3.8) is 0 Å². The standard InChI is InChI=1S/C22H23N3O2/c1-16-4-2-3-5-20(16)22-23-11-18(12-24-22)13-25-8-9-27-21-7-6-17(15-26)10-19(21)14-25/h2-7,10-12,26H,8-9,13-15H2,1H3. The molecule has 138 valence electrons. The molecule has 0 bridgehead atoms. The van der Waals surface area contributed by atoms with Crippen molar-refractivity contribution in [3.05, 3.63) is 77.1 Å². The zero-order valence-electron chi connectivity index (χ0n) is 15.4. The van der Waals surface area contributed by atoms with Crippen molar-refractivity contribution in [2.24, 2.45) is 0 Å². The molecule has 1 aromatic heterocycles. The van der Waals surface area contributed by atoms with Gasteiger partial charge >= 0.3 is 0 Å². The van der Waals surface area contributed by atoms with Gasteiger partial charge in [-0.3, -0.25) is 4.90 Å². The lowest BCUT2D eigenvalue weighted by atomic mass is 10.1. The van der Waals surface area contributed by atoms with Crippen molar-refractivity contribution in [2.75, 3.05) is 13.2 Å². The maximum Gasteiger partial charge on any atom is 0.159 e. The number of rotatable bonds is 4. The quantitative estimate of drug-likeness (QED) is 0.772. The Morgan fingerprint density at radius 3 is 2.67 bits per heavy atom. The highest BCUT2D eigenvalue weighted by molar-refractivity contribution is 5.59. The molecule has 5 heteroatoms. The molecule has 0 amide bonds. The summed E-state index contributed by atoms with van der Waals surface area (Å²) < 4.78 is 5.85. The Morgan fingerprint density at radius 2 is 1.89 bits per heavy atom. The lowest BCUT2D eigenvalue weighted by Gasteiger charge is -2.19. The van der Waals surface area contributed by atoms with Crippen LogP contribution in [0.4, 0.5) is 0 Å². The Bertz CT molecular complexity index is 925. The Labute approximate surface area is 159 Å². The highest BCUT2D eigenvalue weighted by Crippen LogP contribution is 2.25. The first-order valence-electron chi connectivity index (χ1n) is 9.17. The molecule has 0 saturated carbocycles. The molecule has 5 nitrogen and oxygen atoms in total. The van der Waals surface area contributed by atoms with E-state index in [-0.39, 0.29) is 6.61 Å². The molecule has 1 aliphatic heterocycles. The summed E-state index contributed by atoms with van der Waals surface area (Å²) in [7, 11) is 0. The predicted molar refractivity (Wildman–Crippen MR) is 104 cm³/mol. The first kappa shape index (κ1) is 17.6.